The molecule has 5 nitrogen and oxygen atoms in total. The second kappa shape index (κ2) is 4.12. The fourth-order valence-electron chi connectivity index (χ4n) is 4.21. The Hall–Kier alpha value is -2.51. The highest BCUT2D eigenvalue weighted by Gasteiger charge is 2.79. The minimum absolute atomic E-state index is 0.106. The highest BCUT2D eigenvalue weighted by Crippen LogP contribution is 2.78. The van der Waals surface area contributed by atoms with Gasteiger partial charge in [0.2, 0.25) is 0 Å². The van der Waals surface area contributed by atoms with Gasteiger partial charge in [0.25, 0.3) is 0 Å². The number of fused-ring (bicyclic) bond motifs is 1. The zero-order valence-electron chi connectivity index (χ0n) is 12.4. The van der Waals surface area contributed by atoms with Gasteiger partial charge >= 0.3 is 6.18 Å². The van der Waals surface area contributed by atoms with Crippen LogP contribution >= 0.6 is 0 Å². The maximum atomic E-state index is 13.2. The Morgan fingerprint density at radius 1 is 1.12 bits per heavy atom. The topological polar surface area (TPSA) is 67.3 Å². The highest BCUT2D eigenvalue weighted by atomic mass is 19.4. The lowest BCUT2D eigenvalue weighted by Crippen LogP contribution is -2.70. The van der Waals surface area contributed by atoms with E-state index < -0.39 is 17.0 Å². The van der Waals surface area contributed by atoms with Gasteiger partial charge in [0.15, 0.2) is 11.5 Å². The lowest BCUT2D eigenvalue weighted by atomic mass is 9.33. The van der Waals surface area contributed by atoms with Gasteiger partial charge in [-0.3, -0.25) is 5.10 Å². The lowest BCUT2D eigenvalue weighted by Gasteiger charge is -2.70. The first-order chi connectivity index (χ1) is 11.4. The van der Waals surface area contributed by atoms with Crippen LogP contribution in [0.4, 0.5) is 13.2 Å². The molecule has 3 fully saturated rings. The quantitative estimate of drug-likeness (QED) is 0.781. The van der Waals surface area contributed by atoms with E-state index in [0.29, 0.717) is 22.7 Å². The van der Waals surface area contributed by atoms with Gasteiger partial charge in [-0.2, -0.15) is 18.3 Å². The van der Waals surface area contributed by atoms with Gasteiger partial charge in [-0.25, -0.2) is 15.0 Å². The van der Waals surface area contributed by atoms with E-state index in [1.54, 1.807) is 24.7 Å². The van der Waals surface area contributed by atoms with Gasteiger partial charge in [-0.05, 0) is 31.4 Å². The summed E-state index contributed by atoms with van der Waals surface area (Å²) in [5.41, 5.74) is -0.131. The molecule has 1 N–H and O–H groups in total. The van der Waals surface area contributed by atoms with Crippen LogP contribution in [0.15, 0.2) is 30.7 Å². The molecule has 24 heavy (non-hydrogen) atoms. The third-order valence-electron chi connectivity index (χ3n) is 5.36. The van der Waals surface area contributed by atoms with Crippen molar-refractivity contribution in [2.45, 2.75) is 30.9 Å². The molecule has 6 rings (SSSR count). The predicted molar refractivity (Wildman–Crippen MR) is 78.9 cm³/mol. The average molecular weight is 331 g/mol. The van der Waals surface area contributed by atoms with Gasteiger partial charge in [0.05, 0.1) is 22.9 Å². The molecule has 0 saturated heterocycles. The molecule has 3 heterocycles. The van der Waals surface area contributed by atoms with Crippen LogP contribution in [-0.2, 0) is 5.41 Å². The van der Waals surface area contributed by atoms with E-state index in [0.717, 1.165) is 5.39 Å². The highest BCUT2D eigenvalue weighted by molar-refractivity contribution is 5.81. The summed E-state index contributed by atoms with van der Waals surface area (Å²) in [6, 6.07) is 3.59. The first-order valence-corrected chi connectivity index (χ1v) is 7.62. The Balaban J connectivity index is 1.65. The Morgan fingerprint density at radius 3 is 2.58 bits per heavy atom. The molecule has 0 aromatic carbocycles. The van der Waals surface area contributed by atoms with Crippen molar-refractivity contribution >= 4 is 11.0 Å². The van der Waals surface area contributed by atoms with Crippen molar-refractivity contribution in [1.82, 2.24) is 25.1 Å². The van der Waals surface area contributed by atoms with E-state index in [1.165, 1.54) is 0 Å². The van der Waals surface area contributed by atoms with Crippen molar-refractivity contribution in [1.29, 1.82) is 0 Å². The Bertz CT molecular complexity index is 928. The van der Waals surface area contributed by atoms with Crippen molar-refractivity contribution in [3.8, 4) is 11.4 Å². The van der Waals surface area contributed by atoms with Crippen LogP contribution < -0.4 is 0 Å². The maximum Gasteiger partial charge on any atom is 0.394 e. The number of rotatable bonds is 2. The minimum atomic E-state index is -4.14. The Morgan fingerprint density at radius 2 is 1.92 bits per heavy atom. The average Bonchev–Trinajstić information content (AvgIpc) is 2.96. The third kappa shape index (κ3) is 1.60. The summed E-state index contributed by atoms with van der Waals surface area (Å²) < 4.78 is 39.5. The molecule has 3 aliphatic carbocycles. The van der Waals surface area contributed by atoms with Crippen LogP contribution in [0.25, 0.3) is 22.4 Å². The van der Waals surface area contributed by atoms with Crippen molar-refractivity contribution in [3.05, 3.63) is 36.4 Å². The van der Waals surface area contributed by atoms with E-state index in [9.17, 15) is 13.2 Å². The van der Waals surface area contributed by atoms with Crippen molar-refractivity contribution in [2.24, 2.45) is 5.41 Å². The SMILES string of the molecule is FC(F)(F)C12CC(c3nc(-c4cn[nH]c4)nc4ncccc34)(C1)C2. The number of hydrogen-bond donors (Lipinski definition) is 1. The summed E-state index contributed by atoms with van der Waals surface area (Å²) in [7, 11) is 0. The zero-order chi connectivity index (χ0) is 16.6. The van der Waals surface area contributed by atoms with E-state index in [2.05, 4.69) is 25.1 Å². The maximum absolute atomic E-state index is 13.2. The lowest BCUT2D eigenvalue weighted by molar-refractivity contribution is -0.337. The van der Waals surface area contributed by atoms with Crippen molar-refractivity contribution < 1.29 is 13.2 Å². The minimum Gasteiger partial charge on any atom is -0.285 e. The number of pyridine rings is 1. The van der Waals surface area contributed by atoms with Gasteiger partial charge in [-0.1, -0.05) is 0 Å². The standard InChI is InChI=1S/C16H12F3N5/c17-16(18,19)15-6-14(7-15,8-15)11-10-2-1-3-20-13(10)24-12(23-11)9-4-21-22-5-9/h1-5H,6-8H2,(H,21,22). The number of hydrogen-bond acceptors (Lipinski definition) is 4. The smallest absolute Gasteiger partial charge is 0.285 e. The second-order valence-electron chi connectivity index (χ2n) is 6.85. The van der Waals surface area contributed by atoms with Crippen molar-refractivity contribution in [3.63, 3.8) is 0 Å². The summed E-state index contributed by atoms with van der Waals surface area (Å²) in [6.07, 6.45) is 1.06. The summed E-state index contributed by atoms with van der Waals surface area (Å²) in [5.74, 6) is 0.440. The van der Waals surface area contributed by atoms with Crippen LogP contribution in [0, 0.1) is 5.41 Å². The number of aromatic nitrogens is 5. The molecule has 0 amide bonds. The van der Waals surface area contributed by atoms with Crippen LogP contribution in [-0.4, -0.2) is 31.3 Å². The summed E-state index contributed by atoms with van der Waals surface area (Å²) >= 11 is 0. The largest absolute Gasteiger partial charge is 0.394 e. The first kappa shape index (κ1) is 13.9. The fraction of sp³-hybridized carbons (Fsp3) is 0.375. The molecule has 3 aromatic rings. The van der Waals surface area contributed by atoms with Gasteiger partial charge < -0.3 is 0 Å². The number of alkyl halides is 3. The monoisotopic (exact) mass is 331 g/mol. The van der Waals surface area contributed by atoms with Crippen LogP contribution in [0.3, 0.4) is 0 Å². The molecule has 0 atom stereocenters. The summed E-state index contributed by atoms with van der Waals surface area (Å²) in [5, 5.41) is 7.32. The van der Waals surface area contributed by atoms with E-state index in [1.807, 2.05) is 6.07 Å². The molecular weight excluding hydrogens is 319 g/mol. The molecule has 8 heteroatoms. The zero-order valence-corrected chi connectivity index (χ0v) is 12.4. The molecule has 0 unspecified atom stereocenters. The molecule has 122 valence electrons. The Labute approximate surface area is 134 Å². The van der Waals surface area contributed by atoms with E-state index in [-0.39, 0.29) is 19.3 Å². The predicted octanol–water partition coefficient (Wildman–Crippen LogP) is 3.40. The summed E-state index contributed by atoms with van der Waals surface area (Å²) in [6.45, 7) is 0. The molecule has 0 aliphatic heterocycles. The molecule has 3 aromatic heterocycles. The van der Waals surface area contributed by atoms with Crippen molar-refractivity contribution in [2.75, 3.05) is 0 Å². The normalized spacial score (nSPS) is 28.5. The Kier molecular flexibility index (Phi) is 2.38. The van der Waals surface area contributed by atoms with Crippen LogP contribution in [0.2, 0.25) is 0 Å². The number of nitrogens with one attached hydrogen (secondary N) is 1. The number of H-pyrrole nitrogens is 1. The van der Waals surface area contributed by atoms with E-state index >= 15 is 0 Å². The van der Waals surface area contributed by atoms with Gasteiger partial charge in [-0.15, -0.1) is 0 Å². The van der Waals surface area contributed by atoms with Gasteiger partial charge in [0, 0.05) is 23.2 Å². The molecular formula is C16H12F3N5. The fourth-order valence-corrected chi connectivity index (χ4v) is 4.21. The molecule has 3 saturated carbocycles. The number of halogens is 3. The second-order valence-corrected chi connectivity index (χ2v) is 6.85. The molecule has 0 spiro atoms. The van der Waals surface area contributed by atoms with E-state index in [4.69, 9.17) is 0 Å². The van der Waals surface area contributed by atoms with Crippen LogP contribution in [0.1, 0.15) is 25.0 Å². The van der Waals surface area contributed by atoms with Crippen LogP contribution in [0.5, 0.6) is 0 Å². The number of nitrogens with zero attached hydrogens (tertiary/aromatic N) is 4. The first-order valence-electron chi connectivity index (χ1n) is 7.62. The molecule has 2 bridgehead atoms. The molecule has 3 aliphatic rings. The summed E-state index contributed by atoms with van der Waals surface area (Å²) in [4.78, 5) is 13.3. The molecule has 0 radical (unpaired) electrons. The third-order valence-corrected chi connectivity index (χ3v) is 5.36. The van der Waals surface area contributed by atoms with Gasteiger partial charge in [0.1, 0.15) is 0 Å². The number of aromatic amines is 1.